The van der Waals surface area contributed by atoms with Crippen molar-refractivity contribution in [3.8, 4) is 11.5 Å². The Morgan fingerprint density at radius 1 is 0.838 bits per heavy atom. The second-order valence-corrected chi connectivity index (χ2v) is 9.37. The maximum absolute atomic E-state index is 13.9. The molecule has 0 saturated carbocycles. The molecule has 37 heavy (non-hydrogen) atoms. The van der Waals surface area contributed by atoms with E-state index >= 15 is 0 Å². The average molecular weight is 489 g/mol. The minimum absolute atomic E-state index is 0.0440. The molecule has 6 heteroatoms. The summed E-state index contributed by atoms with van der Waals surface area (Å²) in [6, 6.07) is 23.5. The van der Waals surface area contributed by atoms with E-state index in [0.717, 1.165) is 22.3 Å². The molecule has 2 aromatic heterocycles. The molecule has 3 heterocycles. The summed E-state index contributed by atoms with van der Waals surface area (Å²) in [4.78, 5) is 33.8. The highest BCUT2D eigenvalue weighted by atomic mass is 16.5. The van der Waals surface area contributed by atoms with Gasteiger partial charge in [-0.3, -0.25) is 14.5 Å². The van der Waals surface area contributed by atoms with Crippen molar-refractivity contribution >= 4 is 22.7 Å². The van der Waals surface area contributed by atoms with Crippen LogP contribution < -0.4 is 15.1 Å². The quantitative estimate of drug-likeness (QED) is 0.283. The highest BCUT2D eigenvalue weighted by molar-refractivity contribution is 6.10. The van der Waals surface area contributed by atoms with Gasteiger partial charge in [-0.05, 0) is 85.5 Å². The fourth-order valence-electron chi connectivity index (χ4n) is 4.75. The lowest BCUT2D eigenvalue weighted by Gasteiger charge is -2.24. The summed E-state index contributed by atoms with van der Waals surface area (Å²) in [5.74, 6) is 1.37. The number of hydrogen-bond acceptors (Lipinski definition) is 5. The van der Waals surface area contributed by atoms with Gasteiger partial charge in [0.25, 0.3) is 5.91 Å². The van der Waals surface area contributed by atoms with Crippen molar-refractivity contribution in [1.29, 1.82) is 0 Å². The number of ether oxygens (including phenoxy) is 1. The van der Waals surface area contributed by atoms with Gasteiger partial charge in [-0.1, -0.05) is 36.4 Å². The third-order valence-corrected chi connectivity index (χ3v) is 6.78. The Bertz CT molecular complexity index is 1720. The maximum Gasteiger partial charge on any atom is 0.296 e. The van der Waals surface area contributed by atoms with Gasteiger partial charge < -0.3 is 9.15 Å². The van der Waals surface area contributed by atoms with Gasteiger partial charge in [-0.2, -0.15) is 0 Å². The summed E-state index contributed by atoms with van der Waals surface area (Å²) in [5.41, 5.74) is 4.14. The molecule has 0 radical (unpaired) electrons. The molecule has 5 aromatic rings. The Hall–Kier alpha value is -4.71. The zero-order valence-electron chi connectivity index (χ0n) is 20.7. The van der Waals surface area contributed by atoms with Crippen molar-refractivity contribution in [1.82, 2.24) is 4.98 Å². The molecule has 6 nitrogen and oxygen atoms in total. The fourth-order valence-corrected chi connectivity index (χ4v) is 4.75. The Labute approximate surface area is 213 Å². The lowest BCUT2D eigenvalue weighted by molar-refractivity contribution is 0.0970. The number of aromatic nitrogens is 1. The van der Waals surface area contributed by atoms with Crippen LogP contribution in [-0.2, 0) is 0 Å². The number of anilines is 1. The Morgan fingerprint density at radius 3 is 2.35 bits per heavy atom. The second kappa shape index (κ2) is 8.75. The molecule has 0 spiro atoms. The molecule has 0 N–H and O–H groups in total. The predicted octanol–water partition coefficient (Wildman–Crippen LogP) is 6.66. The minimum Gasteiger partial charge on any atom is -0.457 e. The summed E-state index contributed by atoms with van der Waals surface area (Å²) in [5, 5.41) is 0.454. The molecule has 0 bridgehead atoms. The number of benzene rings is 3. The normalized spacial score (nSPS) is 14.7. The van der Waals surface area contributed by atoms with Crippen molar-refractivity contribution < 1.29 is 13.9 Å². The molecule has 1 amide bonds. The van der Waals surface area contributed by atoms with Crippen molar-refractivity contribution in [2.45, 2.75) is 26.8 Å². The van der Waals surface area contributed by atoms with Crippen LogP contribution in [0.15, 0.2) is 94.3 Å². The molecule has 0 saturated heterocycles. The Balaban J connectivity index is 1.56. The van der Waals surface area contributed by atoms with E-state index in [4.69, 9.17) is 9.15 Å². The Morgan fingerprint density at radius 2 is 1.59 bits per heavy atom. The van der Waals surface area contributed by atoms with E-state index < -0.39 is 11.9 Å². The van der Waals surface area contributed by atoms with Crippen LogP contribution in [0.5, 0.6) is 11.5 Å². The van der Waals surface area contributed by atoms with Crippen molar-refractivity contribution in [3.63, 3.8) is 0 Å². The number of hydrogen-bond donors (Lipinski definition) is 0. The first-order valence-corrected chi connectivity index (χ1v) is 12.1. The molecule has 1 unspecified atom stereocenters. The van der Waals surface area contributed by atoms with Crippen LogP contribution in [0.1, 0.15) is 44.4 Å². The highest BCUT2D eigenvalue weighted by Gasteiger charge is 2.44. The first-order chi connectivity index (χ1) is 17.9. The monoisotopic (exact) mass is 488 g/mol. The van der Waals surface area contributed by atoms with Crippen LogP contribution in [-0.4, -0.2) is 10.9 Å². The Kier molecular flexibility index (Phi) is 5.37. The highest BCUT2D eigenvalue weighted by Crippen LogP contribution is 2.41. The van der Waals surface area contributed by atoms with E-state index in [1.165, 1.54) is 4.90 Å². The predicted molar refractivity (Wildman–Crippen MR) is 143 cm³/mol. The summed E-state index contributed by atoms with van der Waals surface area (Å²) in [6.45, 7) is 5.84. The number of nitrogens with zero attached hydrogens (tertiary/aromatic N) is 2. The molecule has 1 atom stereocenters. The molecule has 182 valence electrons. The number of para-hydroxylation sites is 1. The van der Waals surface area contributed by atoms with Gasteiger partial charge in [0, 0.05) is 6.20 Å². The van der Waals surface area contributed by atoms with Crippen molar-refractivity contribution in [2.75, 3.05) is 4.90 Å². The summed E-state index contributed by atoms with van der Waals surface area (Å²) < 4.78 is 12.2. The first kappa shape index (κ1) is 22.7. The first-order valence-electron chi connectivity index (χ1n) is 12.1. The van der Waals surface area contributed by atoms with Gasteiger partial charge in [-0.15, -0.1) is 0 Å². The lowest BCUT2D eigenvalue weighted by Crippen LogP contribution is -2.30. The van der Waals surface area contributed by atoms with Crippen LogP contribution in [0, 0.1) is 20.8 Å². The van der Waals surface area contributed by atoms with E-state index in [0.29, 0.717) is 33.8 Å². The van der Waals surface area contributed by atoms with E-state index in [-0.39, 0.29) is 11.2 Å². The van der Waals surface area contributed by atoms with Crippen LogP contribution in [0.2, 0.25) is 0 Å². The molecule has 1 aliphatic heterocycles. The van der Waals surface area contributed by atoms with Crippen molar-refractivity contribution in [2.24, 2.45) is 0 Å². The SMILES string of the molecule is Cc1ccc(N2C(=O)c3oc4cc(C)c(C)cc4c(=O)c3C2c2cccc(Oc3ccccc3)c2)nc1. The molecular weight excluding hydrogens is 464 g/mol. The third kappa shape index (κ3) is 3.87. The van der Waals surface area contributed by atoms with Gasteiger partial charge in [0.05, 0.1) is 17.0 Å². The second-order valence-electron chi connectivity index (χ2n) is 9.37. The van der Waals surface area contributed by atoms with Crippen LogP contribution in [0.3, 0.4) is 0 Å². The lowest BCUT2D eigenvalue weighted by atomic mass is 9.97. The average Bonchev–Trinajstić information content (AvgIpc) is 3.19. The van der Waals surface area contributed by atoms with Crippen LogP contribution in [0.25, 0.3) is 11.0 Å². The van der Waals surface area contributed by atoms with Gasteiger partial charge >= 0.3 is 0 Å². The van der Waals surface area contributed by atoms with Gasteiger partial charge in [0.1, 0.15) is 22.9 Å². The topological polar surface area (TPSA) is 72.6 Å². The number of amides is 1. The molecule has 0 aliphatic carbocycles. The minimum atomic E-state index is -0.723. The molecule has 3 aromatic carbocycles. The maximum atomic E-state index is 13.9. The van der Waals surface area contributed by atoms with Gasteiger partial charge in [0.15, 0.2) is 5.43 Å². The summed E-state index contributed by atoms with van der Waals surface area (Å²) in [6.07, 6.45) is 1.70. The molecule has 1 aliphatic rings. The molecule has 0 fully saturated rings. The third-order valence-electron chi connectivity index (χ3n) is 6.78. The number of fused-ring (bicyclic) bond motifs is 2. The number of aryl methyl sites for hydroxylation is 3. The fraction of sp³-hybridized carbons (Fsp3) is 0.129. The van der Waals surface area contributed by atoms with Crippen molar-refractivity contribution in [3.05, 3.63) is 129 Å². The summed E-state index contributed by atoms with van der Waals surface area (Å²) in [7, 11) is 0. The van der Waals surface area contributed by atoms with Gasteiger partial charge in [-0.25, -0.2) is 4.98 Å². The number of rotatable bonds is 4. The molecular formula is C31H24N2O4. The standard InChI is InChI=1S/C31H24N2O4/c1-18-12-13-26(32-17-18)33-28(21-8-7-11-23(16-21)36-22-9-5-4-6-10-22)27-29(34)24-14-19(2)20(3)15-25(24)37-30(27)31(33)35/h4-17,28H,1-3H3. The number of pyridine rings is 1. The van der Waals surface area contributed by atoms with Crippen LogP contribution in [0.4, 0.5) is 5.82 Å². The van der Waals surface area contributed by atoms with E-state index in [1.54, 1.807) is 12.3 Å². The van der Waals surface area contributed by atoms with Crippen LogP contribution >= 0.6 is 0 Å². The largest absolute Gasteiger partial charge is 0.457 e. The zero-order valence-corrected chi connectivity index (χ0v) is 20.7. The number of carbonyl (C=O) groups is 1. The van der Waals surface area contributed by atoms with E-state index in [1.807, 2.05) is 93.6 Å². The molecule has 6 rings (SSSR count). The van der Waals surface area contributed by atoms with Gasteiger partial charge in [0.2, 0.25) is 5.76 Å². The number of carbonyl (C=O) groups excluding carboxylic acids is 1. The zero-order chi connectivity index (χ0) is 25.7. The van der Waals surface area contributed by atoms with E-state index in [2.05, 4.69) is 4.98 Å². The smallest absolute Gasteiger partial charge is 0.296 e. The van der Waals surface area contributed by atoms with E-state index in [9.17, 15) is 9.59 Å². The summed E-state index contributed by atoms with van der Waals surface area (Å²) >= 11 is 0.